The monoisotopic (exact) mass is 550 g/mol. The van der Waals surface area contributed by atoms with Gasteiger partial charge in [-0.1, -0.05) is 42.8 Å². The van der Waals surface area contributed by atoms with E-state index in [1.54, 1.807) is 43.2 Å². The summed E-state index contributed by atoms with van der Waals surface area (Å²) in [5.41, 5.74) is 4.13. The molecule has 0 aliphatic carbocycles. The summed E-state index contributed by atoms with van der Waals surface area (Å²) >= 11 is 6.14. The lowest BCUT2D eigenvalue weighted by atomic mass is 10.0. The first-order valence-corrected chi connectivity index (χ1v) is 12.9. The minimum Gasteiger partial charge on any atom is -0.493 e. The van der Waals surface area contributed by atoms with Crippen LogP contribution < -0.4 is 14.2 Å². The first-order chi connectivity index (χ1) is 18.8. The van der Waals surface area contributed by atoms with Gasteiger partial charge in [0, 0.05) is 16.1 Å². The molecule has 4 aromatic rings. The fourth-order valence-corrected chi connectivity index (χ4v) is 4.51. The van der Waals surface area contributed by atoms with E-state index < -0.39 is 12.1 Å². The number of hydrogen-bond acceptors (Lipinski definition) is 6. The number of carboxylic acid groups (broad SMARTS) is 1. The average molecular weight is 551 g/mol. The molecule has 0 saturated heterocycles. The molecule has 1 atom stereocenters. The number of ether oxygens (including phenoxy) is 3. The fourth-order valence-electron chi connectivity index (χ4n) is 4.30. The number of hydrogen-bond donors (Lipinski definition) is 2. The molecule has 8 nitrogen and oxygen atoms in total. The van der Waals surface area contributed by atoms with Gasteiger partial charge in [0.25, 0.3) is 0 Å². The second-order valence-corrected chi connectivity index (χ2v) is 9.46. The maximum atomic E-state index is 11.5. The van der Waals surface area contributed by atoms with Gasteiger partial charge in [-0.15, -0.1) is 0 Å². The summed E-state index contributed by atoms with van der Waals surface area (Å²) in [6.07, 6.45) is -0.218. The van der Waals surface area contributed by atoms with Crippen LogP contribution in [0.25, 0.3) is 22.5 Å². The highest BCUT2D eigenvalue weighted by atomic mass is 35.5. The Morgan fingerprint density at radius 2 is 1.77 bits per heavy atom. The Kier molecular flexibility index (Phi) is 9.11. The highest BCUT2D eigenvalue weighted by molar-refractivity contribution is 6.30. The summed E-state index contributed by atoms with van der Waals surface area (Å²) in [6, 6.07) is 20.1. The molecule has 0 amide bonds. The van der Waals surface area contributed by atoms with E-state index in [4.69, 9.17) is 30.9 Å². The van der Waals surface area contributed by atoms with E-state index in [1.165, 1.54) is 0 Å². The second-order valence-electron chi connectivity index (χ2n) is 9.02. The molecule has 0 bridgehead atoms. The van der Waals surface area contributed by atoms with E-state index in [0.717, 1.165) is 11.1 Å². The van der Waals surface area contributed by atoms with Crippen molar-refractivity contribution in [2.75, 3.05) is 14.2 Å². The molecular weight excluding hydrogens is 520 g/mol. The number of aliphatic hydroxyl groups excluding tert-OH is 1. The zero-order valence-corrected chi connectivity index (χ0v) is 22.8. The van der Waals surface area contributed by atoms with Gasteiger partial charge in [-0.2, -0.15) is 5.10 Å². The Bertz CT molecular complexity index is 1450. The summed E-state index contributed by atoms with van der Waals surface area (Å²) in [7, 11) is 3.14. The minimum atomic E-state index is -0.938. The van der Waals surface area contributed by atoms with Gasteiger partial charge >= 0.3 is 5.97 Å². The molecule has 39 heavy (non-hydrogen) atoms. The lowest BCUT2D eigenvalue weighted by Gasteiger charge is -2.15. The quantitative estimate of drug-likeness (QED) is 0.227. The van der Waals surface area contributed by atoms with Crippen LogP contribution in [0, 0.1) is 0 Å². The van der Waals surface area contributed by atoms with Crippen LogP contribution in [0.15, 0.2) is 66.7 Å². The molecule has 0 spiro atoms. The molecule has 0 fully saturated rings. The first kappa shape index (κ1) is 28.0. The van der Waals surface area contributed by atoms with E-state index in [0.29, 0.717) is 51.2 Å². The first-order valence-electron chi connectivity index (χ1n) is 12.5. The van der Waals surface area contributed by atoms with Gasteiger partial charge in [0.15, 0.2) is 11.5 Å². The topological polar surface area (TPSA) is 103 Å². The molecule has 204 valence electrons. The summed E-state index contributed by atoms with van der Waals surface area (Å²) < 4.78 is 19.1. The standard InChI is InChI=1S/C30H31ClN2O6/c1-4-22(34)17-33-26(23-9-6-10-28(37-2)30(23)38-3)16-25(32-33)24-14-19(15-29(35)36)11-12-27(24)39-18-20-7-5-8-21(31)13-20/h5-14,16,22,34H,4,15,17-18H2,1-3H3,(H,35,36). The smallest absolute Gasteiger partial charge is 0.307 e. The number of rotatable bonds is 12. The van der Waals surface area contributed by atoms with Crippen molar-refractivity contribution in [3.8, 4) is 39.8 Å². The Hall–Kier alpha value is -4.01. The number of aliphatic carboxylic acids is 1. The van der Waals surface area contributed by atoms with Gasteiger partial charge in [0.05, 0.1) is 44.7 Å². The van der Waals surface area contributed by atoms with Crippen LogP contribution in [0.1, 0.15) is 24.5 Å². The normalized spacial score (nSPS) is 11.7. The number of aliphatic hydroxyl groups is 1. The summed E-state index contributed by atoms with van der Waals surface area (Å²) in [6.45, 7) is 2.41. The van der Waals surface area contributed by atoms with Crippen LogP contribution in [0.2, 0.25) is 5.02 Å². The Balaban J connectivity index is 1.83. The molecule has 4 rings (SSSR count). The van der Waals surface area contributed by atoms with E-state index >= 15 is 0 Å². The third kappa shape index (κ3) is 6.71. The average Bonchev–Trinajstić information content (AvgIpc) is 3.34. The zero-order chi connectivity index (χ0) is 27.9. The molecule has 0 saturated carbocycles. The van der Waals surface area contributed by atoms with Gasteiger partial charge in [0.2, 0.25) is 0 Å². The molecule has 0 aliphatic rings. The van der Waals surface area contributed by atoms with Crippen LogP contribution in [0.4, 0.5) is 0 Å². The number of methoxy groups -OCH3 is 2. The molecule has 3 aromatic carbocycles. The number of halogens is 1. The Morgan fingerprint density at radius 3 is 2.46 bits per heavy atom. The highest BCUT2D eigenvalue weighted by Crippen LogP contribution is 2.40. The maximum Gasteiger partial charge on any atom is 0.307 e. The molecule has 0 aliphatic heterocycles. The van der Waals surface area contributed by atoms with E-state index in [-0.39, 0.29) is 19.6 Å². The van der Waals surface area contributed by atoms with Gasteiger partial charge in [-0.05, 0) is 60.0 Å². The summed E-state index contributed by atoms with van der Waals surface area (Å²) in [5, 5.41) is 25.3. The number of carbonyl (C=O) groups is 1. The zero-order valence-electron chi connectivity index (χ0n) is 22.1. The number of nitrogens with zero attached hydrogens (tertiary/aromatic N) is 2. The SMILES string of the molecule is CCC(O)Cn1nc(-c2cc(CC(=O)O)ccc2OCc2cccc(Cl)c2)cc1-c1cccc(OC)c1OC. The van der Waals surface area contributed by atoms with Crippen molar-refractivity contribution in [3.05, 3.63) is 82.9 Å². The Labute approximate surface area is 232 Å². The molecule has 0 radical (unpaired) electrons. The molecular formula is C30H31ClN2O6. The molecule has 1 aromatic heterocycles. The van der Waals surface area contributed by atoms with Crippen molar-refractivity contribution >= 4 is 17.6 Å². The van der Waals surface area contributed by atoms with Crippen LogP contribution in [0.5, 0.6) is 17.2 Å². The lowest BCUT2D eigenvalue weighted by Crippen LogP contribution is -2.16. The van der Waals surface area contributed by atoms with E-state index in [9.17, 15) is 15.0 Å². The second kappa shape index (κ2) is 12.7. The molecule has 1 heterocycles. The number of benzene rings is 3. The highest BCUT2D eigenvalue weighted by Gasteiger charge is 2.21. The third-order valence-electron chi connectivity index (χ3n) is 6.27. The predicted octanol–water partition coefficient (Wildman–Crippen LogP) is 5.86. The van der Waals surface area contributed by atoms with Gasteiger partial charge < -0.3 is 24.4 Å². The van der Waals surface area contributed by atoms with E-state index in [1.807, 2.05) is 49.4 Å². The van der Waals surface area contributed by atoms with Crippen molar-refractivity contribution in [1.29, 1.82) is 0 Å². The largest absolute Gasteiger partial charge is 0.493 e. The van der Waals surface area contributed by atoms with Gasteiger partial charge in [0.1, 0.15) is 12.4 Å². The summed E-state index contributed by atoms with van der Waals surface area (Å²) in [5.74, 6) is 0.700. The number of para-hydroxylation sites is 1. The lowest BCUT2D eigenvalue weighted by molar-refractivity contribution is -0.136. The van der Waals surface area contributed by atoms with Crippen molar-refractivity contribution in [2.45, 2.75) is 39.0 Å². The van der Waals surface area contributed by atoms with Crippen molar-refractivity contribution in [1.82, 2.24) is 9.78 Å². The molecule has 9 heteroatoms. The summed E-state index contributed by atoms with van der Waals surface area (Å²) in [4.78, 5) is 11.5. The third-order valence-corrected chi connectivity index (χ3v) is 6.51. The van der Waals surface area contributed by atoms with Crippen LogP contribution >= 0.6 is 11.6 Å². The van der Waals surface area contributed by atoms with Crippen LogP contribution in [-0.2, 0) is 24.4 Å². The van der Waals surface area contributed by atoms with Gasteiger partial charge in [-0.3, -0.25) is 9.48 Å². The molecule has 2 N–H and O–H groups in total. The van der Waals surface area contributed by atoms with Gasteiger partial charge in [-0.25, -0.2) is 0 Å². The molecule has 1 unspecified atom stereocenters. The van der Waals surface area contributed by atoms with Crippen molar-refractivity contribution in [3.63, 3.8) is 0 Å². The maximum absolute atomic E-state index is 11.5. The van der Waals surface area contributed by atoms with E-state index in [2.05, 4.69) is 0 Å². The van der Waals surface area contributed by atoms with Crippen molar-refractivity contribution < 1.29 is 29.2 Å². The fraction of sp³-hybridized carbons (Fsp3) is 0.267. The van der Waals surface area contributed by atoms with Crippen LogP contribution in [0.3, 0.4) is 0 Å². The minimum absolute atomic E-state index is 0.145. The number of carboxylic acids is 1. The Morgan fingerprint density at radius 1 is 0.974 bits per heavy atom. The van der Waals surface area contributed by atoms with Crippen molar-refractivity contribution in [2.24, 2.45) is 0 Å². The van der Waals surface area contributed by atoms with Crippen LogP contribution in [-0.4, -0.2) is 46.3 Å². The predicted molar refractivity (Wildman–Crippen MR) is 150 cm³/mol. The number of aromatic nitrogens is 2.